The molecular formula is C13H16N2O. The molecule has 2 atom stereocenters. The molecule has 0 bridgehead atoms. The van der Waals surface area contributed by atoms with Crippen molar-refractivity contribution in [1.29, 1.82) is 5.26 Å². The topological polar surface area (TPSA) is 56.0 Å². The van der Waals surface area contributed by atoms with Crippen molar-refractivity contribution in [2.24, 2.45) is 0 Å². The first-order chi connectivity index (χ1) is 7.79. The van der Waals surface area contributed by atoms with Gasteiger partial charge in [-0.2, -0.15) is 5.26 Å². The highest BCUT2D eigenvalue weighted by Crippen LogP contribution is 2.22. The van der Waals surface area contributed by atoms with E-state index in [-0.39, 0.29) is 0 Å². The van der Waals surface area contributed by atoms with E-state index in [4.69, 9.17) is 5.26 Å². The number of nitriles is 1. The van der Waals surface area contributed by atoms with Crippen molar-refractivity contribution in [1.82, 2.24) is 5.32 Å². The third-order valence-corrected chi connectivity index (χ3v) is 3.07. The quantitative estimate of drug-likeness (QED) is 0.809. The Hall–Kier alpha value is -1.37. The average Bonchev–Trinajstić information content (AvgIpc) is 2.82. The Kier molecular flexibility index (Phi) is 3.55. The number of nitrogens with zero attached hydrogens (tertiary/aromatic N) is 1. The van der Waals surface area contributed by atoms with Crippen LogP contribution in [-0.2, 0) is 0 Å². The van der Waals surface area contributed by atoms with Gasteiger partial charge in [-0.1, -0.05) is 12.1 Å². The lowest BCUT2D eigenvalue weighted by Crippen LogP contribution is -2.23. The maximum atomic E-state index is 10.1. The van der Waals surface area contributed by atoms with Gasteiger partial charge in [0.1, 0.15) is 0 Å². The summed E-state index contributed by atoms with van der Waals surface area (Å²) in [7, 11) is 0. The first-order valence-corrected chi connectivity index (χ1v) is 5.71. The third-order valence-electron chi connectivity index (χ3n) is 3.07. The number of benzene rings is 1. The van der Waals surface area contributed by atoms with E-state index in [1.54, 1.807) is 12.1 Å². The van der Waals surface area contributed by atoms with Gasteiger partial charge in [0.05, 0.1) is 17.7 Å². The first kappa shape index (κ1) is 11.1. The minimum absolute atomic E-state index is 0.417. The second-order valence-corrected chi connectivity index (χ2v) is 4.28. The number of aliphatic hydroxyl groups excluding tert-OH is 1. The molecule has 0 amide bonds. The number of hydrogen-bond donors (Lipinski definition) is 2. The Morgan fingerprint density at radius 2 is 2.44 bits per heavy atom. The molecule has 1 aromatic carbocycles. The van der Waals surface area contributed by atoms with E-state index in [1.165, 1.54) is 6.42 Å². The average molecular weight is 216 g/mol. The van der Waals surface area contributed by atoms with Crippen LogP contribution in [-0.4, -0.2) is 17.7 Å². The van der Waals surface area contributed by atoms with Crippen molar-refractivity contribution in [3.05, 3.63) is 35.4 Å². The molecule has 0 aromatic heterocycles. The SMILES string of the molecule is N#Cc1cccc(C(O)CC2CCCN2)c1. The highest BCUT2D eigenvalue weighted by Gasteiger charge is 2.19. The predicted octanol–water partition coefficient (Wildman–Crippen LogP) is 1.73. The maximum absolute atomic E-state index is 10.1. The molecule has 2 N–H and O–H groups in total. The molecule has 1 heterocycles. The monoisotopic (exact) mass is 216 g/mol. The van der Waals surface area contributed by atoms with Crippen LogP contribution < -0.4 is 5.32 Å². The second kappa shape index (κ2) is 5.11. The minimum Gasteiger partial charge on any atom is -0.388 e. The summed E-state index contributed by atoms with van der Waals surface area (Å²) in [6, 6.07) is 9.72. The van der Waals surface area contributed by atoms with Gasteiger partial charge in [-0.25, -0.2) is 0 Å². The van der Waals surface area contributed by atoms with E-state index < -0.39 is 6.10 Å². The van der Waals surface area contributed by atoms with Gasteiger partial charge in [-0.3, -0.25) is 0 Å². The summed E-state index contributed by atoms with van der Waals surface area (Å²) in [6.45, 7) is 1.05. The summed E-state index contributed by atoms with van der Waals surface area (Å²) in [5, 5.41) is 22.2. The summed E-state index contributed by atoms with van der Waals surface area (Å²) in [4.78, 5) is 0. The van der Waals surface area contributed by atoms with Crippen LogP contribution in [0.2, 0.25) is 0 Å². The summed E-state index contributed by atoms with van der Waals surface area (Å²) in [5.41, 5.74) is 1.45. The summed E-state index contributed by atoms with van der Waals surface area (Å²) in [6.07, 6.45) is 2.59. The number of hydrogen-bond acceptors (Lipinski definition) is 3. The normalized spacial score (nSPS) is 21.6. The molecule has 0 saturated carbocycles. The molecule has 1 aromatic rings. The molecule has 1 aliphatic rings. The zero-order valence-corrected chi connectivity index (χ0v) is 9.19. The van der Waals surface area contributed by atoms with Gasteiger partial charge in [-0.05, 0) is 43.5 Å². The van der Waals surface area contributed by atoms with Gasteiger partial charge < -0.3 is 10.4 Å². The number of nitrogens with one attached hydrogen (secondary N) is 1. The third kappa shape index (κ3) is 2.60. The van der Waals surface area contributed by atoms with Crippen LogP contribution >= 0.6 is 0 Å². The fraction of sp³-hybridized carbons (Fsp3) is 0.462. The van der Waals surface area contributed by atoms with Gasteiger partial charge >= 0.3 is 0 Å². The van der Waals surface area contributed by atoms with Crippen molar-refractivity contribution in [2.45, 2.75) is 31.4 Å². The van der Waals surface area contributed by atoms with Gasteiger partial charge in [-0.15, -0.1) is 0 Å². The highest BCUT2D eigenvalue weighted by molar-refractivity contribution is 5.33. The zero-order chi connectivity index (χ0) is 11.4. The van der Waals surface area contributed by atoms with Crippen LogP contribution in [0, 0.1) is 11.3 Å². The highest BCUT2D eigenvalue weighted by atomic mass is 16.3. The fourth-order valence-electron chi connectivity index (χ4n) is 2.18. The van der Waals surface area contributed by atoms with Gasteiger partial charge in [0.2, 0.25) is 0 Å². The van der Waals surface area contributed by atoms with E-state index in [0.29, 0.717) is 11.6 Å². The lowest BCUT2D eigenvalue weighted by Gasteiger charge is -2.16. The van der Waals surface area contributed by atoms with E-state index in [1.807, 2.05) is 12.1 Å². The molecule has 1 fully saturated rings. The minimum atomic E-state index is -0.469. The molecule has 0 spiro atoms. The van der Waals surface area contributed by atoms with Crippen LogP contribution in [0.3, 0.4) is 0 Å². The molecule has 0 aliphatic carbocycles. The van der Waals surface area contributed by atoms with Gasteiger partial charge in [0, 0.05) is 6.04 Å². The second-order valence-electron chi connectivity index (χ2n) is 4.28. The van der Waals surface area contributed by atoms with Crippen LogP contribution in [0.15, 0.2) is 24.3 Å². The van der Waals surface area contributed by atoms with Crippen molar-refractivity contribution in [2.75, 3.05) is 6.54 Å². The first-order valence-electron chi connectivity index (χ1n) is 5.71. The standard InChI is InChI=1S/C13H16N2O/c14-9-10-3-1-4-11(7-10)13(16)8-12-5-2-6-15-12/h1,3-4,7,12-13,15-16H,2,5-6,8H2. The van der Waals surface area contributed by atoms with Crippen molar-refractivity contribution < 1.29 is 5.11 Å². The summed E-state index contributed by atoms with van der Waals surface area (Å²) >= 11 is 0. The van der Waals surface area contributed by atoms with E-state index >= 15 is 0 Å². The Morgan fingerprint density at radius 1 is 1.56 bits per heavy atom. The molecule has 1 aliphatic heterocycles. The van der Waals surface area contributed by atoms with Gasteiger partial charge in [0.25, 0.3) is 0 Å². The lowest BCUT2D eigenvalue weighted by atomic mass is 10.00. The largest absolute Gasteiger partial charge is 0.388 e. The smallest absolute Gasteiger partial charge is 0.0991 e. The van der Waals surface area contributed by atoms with E-state index in [0.717, 1.165) is 24.9 Å². The molecule has 84 valence electrons. The number of rotatable bonds is 3. The van der Waals surface area contributed by atoms with E-state index in [9.17, 15) is 5.11 Å². The predicted molar refractivity (Wildman–Crippen MR) is 61.8 cm³/mol. The number of aliphatic hydroxyl groups is 1. The molecule has 16 heavy (non-hydrogen) atoms. The fourth-order valence-corrected chi connectivity index (χ4v) is 2.18. The molecule has 1 saturated heterocycles. The maximum Gasteiger partial charge on any atom is 0.0991 e. The summed E-state index contributed by atoms with van der Waals surface area (Å²) in [5.74, 6) is 0. The van der Waals surface area contributed by atoms with Crippen molar-refractivity contribution >= 4 is 0 Å². The van der Waals surface area contributed by atoms with Crippen LogP contribution in [0.4, 0.5) is 0 Å². The Morgan fingerprint density at radius 3 is 3.12 bits per heavy atom. The molecule has 2 unspecified atom stereocenters. The van der Waals surface area contributed by atoms with E-state index in [2.05, 4.69) is 11.4 Å². The van der Waals surface area contributed by atoms with Crippen LogP contribution in [0.1, 0.15) is 36.5 Å². The van der Waals surface area contributed by atoms with Gasteiger partial charge in [0.15, 0.2) is 0 Å². The summed E-state index contributed by atoms with van der Waals surface area (Å²) < 4.78 is 0. The Bertz CT molecular complexity index is 391. The molecule has 3 nitrogen and oxygen atoms in total. The lowest BCUT2D eigenvalue weighted by molar-refractivity contribution is 0.154. The Balaban J connectivity index is 2.02. The van der Waals surface area contributed by atoms with Crippen molar-refractivity contribution in [3.63, 3.8) is 0 Å². The zero-order valence-electron chi connectivity index (χ0n) is 9.19. The molecule has 2 rings (SSSR count). The van der Waals surface area contributed by atoms with Crippen molar-refractivity contribution in [3.8, 4) is 6.07 Å². The molecule has 3 heteroatoms. The molecular weight excluding hydrogens is 200 g/mol. The molecule has 0 radical (unpaired) electrons. The Labute approximate surface area is 95.7 Å². The van der Waals surface area contributed by atoms with Crippen LogP contribution in [0.5, 0.6) is 0 Å². The van der Waals surface area contributed by atoms with Crippen LogP contribution in [0.25, 0.3) is 0 Å².